The Hall–Kier alpha value is -2.15. The predicted molar refractivity (Wildman–Crippen MR) is 108 cm³/mol. The van der Waals surface area contributed by atoms with E-state index in [9.17, 15) is 9.59 Å². The van der Waals surface area contributed by atoms with Crippen LogP contribution < -0.4 is 0 Å². The van der Waals surface area contributed by atoms with Crippen LogP contribution in [0.15, 0.2) is 47.9 Å². The maximum absolute atomic E-state index is 12.4. The molecular weight excluding hydrogens is 384 g/mol. The van der Waals surface area contributed by atoms with Gasteiger partial charge in [-0.05, 0) is 29.2 Å². The first-order chi connectivity index (χ1) is 13.1. The number of rotatable bonds is 5. The summed E-state index contributed by atoms with van der Waals surface area (Å²) in [5.74, 6) is -0.365. The lowest BCUT2D eigenvalue weighted by molar-refractivity contribution is -0.148. The van der Waals surface area contributed by atoms with Crippen molar-refractivity contribution in [2.45, 2.75) is 6.04 Å². The van der Waals surface area contributed by atoms with Gasteiger partial charge in [-0.25, -0.2) is 4.79 Å². The van der Waals surface area contributed by atoms with Crippen molar-refractivity contribution in [1.29, 1.82) is 0 Å². The maximum atomic E-state index is 12.4. The Morgan fingerprint density at radius 2 is 1.89 bits per heavy atom. The number of halogens is 1. The summed E-state index contributed by atoms with van der Waals surface area (Å²) in [5, 5.41) is 2.51. The maximum Gasteiger partial charge on any atom is 0.327 e. The molecule has 1 saturated heterocycles. The first-order valence-corrected chi connectivity index (χ1v) is 9.92. The van der Waals surface area contributed by atoms with E-state index in [1.807, 2.05) is 46.7 Å². The molecule has 0 spiro atoms. The summed E-state index contributed by atoms with van der Waals surface area (Å²) in [6.45, 7) is 2.24. The number of methoxy groups -OCH3 is 1. The Balaban J connectivity index is 1.66. The van der Waals surface area contributed by atoms with E-state index in [4.69, 9.17) is 16.3 Å². The minimum atomic E-state index is -0.567. The highest BCUT2D eigenvalue weighted by molar-refractivity contribution is 7.10. The molecule has 0 aliphatic carbocycles. The average Bonchev–Trinajstić information content (AvgIpc) is 3.22. The summed E-state index contributed by atoms with van der Waals surface area (Å²) in [5.41, 5.74) is 0.725. The molecule has 1 atom stereocenters. The molecule has 0 saturated carbocycles. The van der Waals surface area contributed by atoms with Gasteiger partial charge in [0.25, 0.3) is 0 Å². The van der Waals surface area contributed by atoms with Crippen LogP contribution in [0.3, 0.4) is 0 Å². The molecule has 2 heterocycles. The minimum Gasteiger partial charge on any atom is -0.468 e. The molecule has 2 aromatic rings. The summed E-state index contributed by atoms with van der Waals surface area (Å²) in [6.07, 6.45) is 3.44. The standard InChI is InChI=1S/C20H21ClN2O3S/c1-26-20(25)19(16-6-2-3-7-17(16)21)23-12-10-22(11-13-23)18(24)9-8-15-5-4-14-27-15/h2-9,14,19H,10-13H2,1H3/b9-8+/t19-/m0/s1. The van der Waals surface area contributed by atoms with E-state index in [-0.39, 0.29) is 11.9 Å². The molecule has 1 amide bonds. The summed E-state index contributed by atoms with van der Waals surface area (Å²) in [4.78, 5) is 29.7. The van der Waals surface area contributed by atoms with Gasteiger partial charge in [-0.1, -0.05) is 35.9 Å². The van der Waals surface area contributed by atoms with Crippen LogP contribution >= 0.6 is 22.9 Å². The average molecular weight is 405 g/mol. The molecule has 1 aromatic heterocycles. The number of carbonyl (C=O) groups excluding carboxylic acids is 2. The largest absolute Gasteiger partial charge is 0.468 e. The number of thiophene rings is 1. The summed E-state index contributed by atoms with van der Waals surface area (Å²) >= 11 is 7.89. The summed E-state index contributed by atoms with van der Waals surface area (Å²) in [6, 6.07) is 10.6. The lowest BCUT2D eigenvalue weighted by Gasteiger charge is -2.38. The van der Waals surface area contributed by atoms with Gasteiger partial charge in [0.05, 0.1) is 7.11 Å². The van der Waals surface area contributed by atoms with Crippen molar-refractivity contribution in [1.82, 2.24) is 9.80 Å². The third kappa shape index (κ3) is 4.77. The van der Waals surface area contributed by atoms with Crippen LogP contribution in [0.1, 0.15) is 16.5 Å². The lowest BCUT2D eigenvalue weighted by Crippen LogP contribution is -2.50. The van der Waals surface area contributed by atoms with Gasteiger partial charge in [0.1, 0.15) is 6.04 Å². The lowest BCUT2D eigenvalue weighted by atomic mass is 10.0. The highest BCUT2D eigenvalue weighted by atomic mass is 35.5. The topological polar surface area (TPSA) is 49.9 Å². The number of hydrogen-bond acceptors (Lipinski definition) is 5. The van der Waals surface area contributed by atoms with Crippen molar-refractivity contribution in [3.05, 3.63) is 63.3 Å². The molecule has 0 bridgehead atoms. The van der Waals surface area contributed by atoms with E-state index >= 15 is 0 Å². The zero-order valence-corrected chi connectivity index (χ0v) is 16.6. The van der Waals surface area contributed by atoms with E-state index in [1.54, 1.807) is 28.4 Å². The summed E-state index contributed by atoms with van der Waals surface area (Å²) < 4.78 is 5.00. The van der Waals surface area contributed by atoms with E-state index in [0.29, 0.717) is 31.2 Å². The molecule has 1 aliphatic heterocycles. The number of hydrogen-bond donors (Lipinski definition) is 0. The van der Waals surface area contributed by atoms with E-state index in [1.165, 1.54) is 7.11 Å². The van der Waals surface area contributed by atoms with Gasteiger partial charge in [0, 0.05) is 42.2 Å². The Morgan fingerprint density at radius 1 is 1.15 bits per heavy atom. The Morgan fingerprint density at radius 3 is 2.52 bits per heavy atom. The van der Waals surface area contributed by atoms with Gasteiger partial charge in [0.15, 0.2) is 0 Å². The van der Waals surface area contributed by atoms with E-state index in [2.05, 4.69) is 0 Å². The molecule has 0 radical (unpaired) electrons. The quantitative estimate of drug-likeness (QED) is 0.565. The van der Waals surface area contributed by atoms with Crippen LogP contribution in [-0.2, 0) is 14.3 Å². The van der Waals surface area contributed by atoms with Gasteiger partial charge >= 0.3 is 5.97 Å². The van der Waals surface area contributed by atoms with Crippen molar-refractivity contribution in [3.63, 3.8) is 0 Å². The van der Waals surface area contributed by atoms with Crippen molar-refractivity contribution in [2.75, 3.05) is 33.3 Å². The number of ether oxygens (including phenoxy) is 1. The van der Waals surface area contributed by atoms with Crippen LogP contribution in [-0.4, -0.2) is 55.0 Å². The van der Waals surface area contributed by atoms with Crippen LogP contribution in [0, 0.1) is 0 Å². The molecule has 1 aliphatic rings. The van der Waals surface area contributed by atoms with Crippen LogP contribution in [0.2, 0.25) is 5.02 Å². The SMILES string of the molecule is COC(=O)[C@H](c1ccccc1Cl)N1CCN(C(=O)/C=C/c2cccs2)CC1. The highest BCUT2D eigenvalue weighted by Crippen LogP contribution is 2.29. The fraction of sp³-hybridized carbons (Fsp3) is 0.300. The number of esters is 1. The number of benzene rings is 1. The fourth-order valence-corrected chi connectivity index (χ4v) is 3.98. The third-order valence-electron chi connectivity index (χ3n) is 4.55. The van der Waals surface area contributed by atoms with Crippen molar-refractivity contribution in [3.8, 4) is 0 Å². The van der Waals surface area contributed by atoms with E-state index in [0.717, 1.165) is 10.4 Å². The Bertz CT molecular complexity index is 814. The van der Waals surface area contributed by atoms with Gasteiger partial charge in [-0.2, -0.15) is 0 Å². The number of carbonyl (C=O) groups is 2. The van der Waals surface area contributed by atoms with Crippen molar-refractivity contribution < 1.29 is 14.3 Å². The molecular formula is C20H21ClN2O3S. The van der Waals surface area contributed by atoms with Crippen molar-refractivity contribution in [2.24, 2.45) is 0 Å². The van der Waals surface area contributed by atoms with Crippen LogP contribution in [0.25, 0.3) is 6.08 Å². The van der Waals surface area contributed by atoms with Gasteiger partial charge < -0.3 is 9.64 Å². The van der Waals surface area contributed by atoms with Crippen LogP contribution in [0.5, 0.6) is 0 Å². The van der Waals surface area contributed by atoms with Crippen molar-refractivity contribution >= 4 is 40.9 Å². The zero-order valence-electron chi connectivity index (χ0n) is 15.0. The molecule has 0 N–H and O–H groups in total. The third-order valence-corrected chi connectivity index (χ3v) is 5.73. The van der Waals surface area contributed by atoms with Gasteiger partial charge in [-0.15, -0.1) is 11.3 Å². The van der Waals surface area contributed by atoms with Crippen LogP contribution in [0.4, 0.5) is 0 Å². The smallest absolute Gasteiger partial charge is 0.327 e. The Kier molecular flexibility index (Phi) is 6.66. The molecule has 27 heavy (non-hydrogen) atoms. The fourth-order valence-electron chi connectivity index (χ4n) is 3.13. The van der Waals surface area contributed by atoms with Gasteiger partial charge in [0.2, 0.25) is 5.91 Å². The molecule has 5 nitrogen and oxygen atoms in total. The highest BCUT2D eigenvalue weighted by Gasteiger charge is 2.33. The second-order valence-corrected chi connectivity index (χ2v) is 7.54. The first-order valence-electron chi connectivity index (χ1n) is 8.67. The normalized spacial score (nSPS) is 16.4. The number of piperazine rings is 1. The molecule has 1 fully saturated rings. The van der Waals surface area contributed by atoms with E-state index < -0.39 is 6.04 Å². The zero-order chi connectivity index (χ0) is 19.2. The molecule has 142 valence electrons. The second kappa shape index (κ2) is 9.17. The summed E-state index contributed by atoms with van der Waals surface area (Å²) in [7, 11) is 1.38. The predicted octanol–water partition coefficient (Wildman–Crippen LogP) is 3.47. The number of nitrogens with zero attached hydrogens (tertiary/aromatic N) is 2. The molecule has 7 heteroatoms. The second-order valence-electron chi connectivity index (χ2n) is 6.16. The van der Waals surface area contributed by atoms with Gasteiger partial charge in [-0.3, -0.25) is 9.69 Å². The first kappa shape index (κ1) is 19.6. The molecule has 3 rings (SSSR count). The molecule has 0 unspecified atom stereocenters. The molecule has 1 aromatic carbocycles. The monoisotopic (exact) mass is 404 g/mol. The minimum absolute atomic E-state index is 0.0181. The Labute approximate surface area is 167 Å². The number of amides is 1.